The molecule has 0 spiro atoms. The second kappa shape index (κ2) is 7.35. The molecule has 0 bridgehead atoms. The van der Waals surface area contributed by atoms with E-state index in [1.807, 2.05) is 47.4 Å². The summed E-state index contributed by atoms with van der Waals surface area (Å²) in [5.41, 5.74) is 3.48. The lowest BCUT2D eigenvalue weighted by Gasteiger charge is -2.26. The maximum Gasteiger partial charge on any atom is 0.270 e. The molecule has 0 radical (unpaired) electrons. The molecule has 4 rings (SSSR count). The van der Waals surface area contributed by atoms with Gasteiger partial charge in [0.25, 0.3) is 5.91 Å². The van der Waals surface area contributed by atoms with Crippen LogP contribution < -0.4 is 9.47 Å². The minimum absolute atomic E-state index is 0.0654. The predicted molar refractivity (Wildman–Crippen MR) is 107 cm³/mol. The molecule has 0 unspecified atom stereocenters. The van der Waals surface area contributed by atoms with E-state index < -0.39 is 0 Å². The number of hydrogen-bond donors (Lipinski definition) is 1. The molecule has 1 amide bonds. The van der Waals surface area contributed by atoms with Crippen LogP contribution in [0.4, 0.5) is 0 Å². The van der Waals surface area contributed by atoms with Gasteiger partial charge >= 0.3 is 0 Å². The number of nitrogens with zero attached hydrogens (tertiary/aromatic N) is 1. The molecule has 1 N–H and O–H groups in total. The lowest BCUT2D eigenvalue weighted by molar-refractivity contribution is 0.0720. The van der Waals surface area contributed by atoms with Gasteiger partial charge in [0.15, 0.2) is 0 Å². The Balaban J connectivity index is 1.86. The molecular formula is C22H24N2O3. The van der Waals surface area contributed by atoms with E-state index in [1.165, 1.54) is 6.42 Å². The smallest absolute Gasteiger partial charge is 0.270 e. The first-order valence-corrected chi connectivity index (χ1v) is 9.34. The molecule has 1 aromatic heterocycles. The van der Waals surface area contributed by atoms with Crippen molar-refractivity contribution in [3.05, 3.63) is 48.2 Å². The zero-order chi connectivity index (χ0) is 18.8. The highest BCUT2D eigenvalue weighted by atomic mass is 16.5. The fourth-order valence-corrected chi connectivity index (χ4v) is 3.78. The van der Waals surface area contributed by atoms with E-state index in [-0.39, 0.29) is 5.91 Å². The van der Waals surface area contributed by atoms with Crippen molar-refractivity contribution >= 4 is 16.8 Å². The molecule has 3 aromatic rings. The third kappa shape index (κ3) is 3.25. The Hall–Kier alpha value is -2.95. The molecule has 1 aliphatic heterocycles. The molecule has 2 heterocycles. The van der Waals surface area contributed by atoms with Crippen LogP contribution in [-0.4, -0.2) is 43.1 Å². The molecule has 140 valence electrons. The number of methoxy groups -OCH3 is 2. The molecule has 5 heteroatoms. The molecule has 5 nitrogen and oxygen atoms in total. The number of hydrogen-bond acceptors (Lipinski definition) is 3. The highest BCUT2D eigenvalue weighted by molar-refractivity contribution is 6.10. The van der Waals surface area contributed by atoms with E-state index in [1.54, 1.807) is 14.2 Å². The zero-order valence-corrected chi connectivity index (χ0v) is 15.7. The van der Waals surface area contributed by atoms with Crippen molar-refractivity contribution in [2.45, 2.75) is 19.3 Å². The summed E-state index contributed by atoms with van der Waals surface area (Å²) in [4.78, 5) is 18.6. The number of piperidine rings is 1. The first kappa shape index (κ1) is 17.5. The maximum absolute atomic E-state index is 13.3. The van der Waals surface area contributed by atoms with E-state index in [2.05, 4.69) is 4.98 Å². The van der Waals surface area contributed by atoms with Crippen LogP contribution in [0, 0.1) is 0 Å². The number of nitrogens with one attached hydrogen (secondary N) is 1. The van der Waals surface area contributed by atoms with Gasteiger partial charge in [-0.3, -0.25) is 4.79 Å². The summed E-state index contributed by atoms with van der Waals surface area (Å²) in [6.45, 7) is 1.64. The quantitative estimate of drug-likeness (QED) is 0.743. The fraction of sp³-hybridized carbons (Fsp3) is 0.318. The van der Waals surface area contributed by atoms with Crippen molar-refractivity contribution in [2.75, 3.05) is 27.3 Å². The van der Waals surface area contributed by atoms with Crippen LogP contribution >= 0.6 is 0 Å². The van der Waals surface area contributed by atoms with E-state index in [9.17, 15) is 4.79 Å². The second-order valence-corrected chi connectivity index (χ2v) is 6.87. The third-order valence-corrected chi connectivity index (χ3v) is 5.24. The first-order chi connectivity index (χ1) is 13.2. The standard InChI is InChI=1S/C22H24N2O3/c1-26-16-8-6-15(7-9-16)20-18-11-10-17(27-2)14-19(18)23-21(20)22(25)24-12-4-3-5-13-24/h6-11,14,23H,3-5,12-13H2,1-2H3. The number of fused-ring (bicyclic) bond motifs is 1. The Morgan fingerprint density at radius 3 is 2.26 bits per heavy atom. The lowest BCUT2D eigenvalue weighted by Crippen LogP contribution is -2.36. The number of carbonyl (C=O) groups excluding carboxylic acids is 1. The van der Waals surface area contributed by atoms with E-state index in [4.69, 9.17) is 9.47 Å². The van der Waals surface area contributed by atoms with E-state index in [0.717, 1.165) is 59.5 Å². The van der Waals surface area contributed by atoms with Crippen LogP contribution in [0.1, 0.15) is 29.8 Å². The summed E-state index contributed by atoms with van der Waals surface area (Å²) in [7, 11) is 3.30. The van der Waals surface area contributed by atoms with Gasteiger partial charge in [-0.2, -0.15) is 0 Å². The molecule has 1 saturated heterocycles. The summed E-state index contributed by atoms with van der Waals surface area (Å²) in [5, 5.41) is 1.02. The Morgan fingerprint density at radius 1 is 0.926 bits per heavy atom. The van der Waals surface area contributed by atoms with Gasteiger partial charge in [0.2, 0.25) is 0 Å². The normalized spacial score (nSPS) is 14.4. The van der Waals surface area contributed by atoms with Gasteiger partial charge in [-0.05, 0) is 49.1 Å². The van der Waals surface area contributed by atoms with Gasteiger partial charge in [-0.15, -0.1) is 0 Å². The molecule has 2 aromatic carbocycles. The number of benzene rings is 2. The summed E-state index contributed by atoms with van der Waals surface area (Å²) >= 11 is 0. The summed E-state index contributed by atoms with van der Waals surface area (Å²) in [6, 6.07) is 13.7. The van der Waals surface area contributed by atoms with Crippen LogP contribution in [0.25, 0.3) is 22.0 Å². The number of aromatic amines is 1. The van der Waals surface area contributed by atoms with Crippen LogP contribution in [0.2, 0.25) is 0 Å². The van der Waals surface area contributed by atoms with Crippen molar-refractivity contribution in [3.8, 4) is 22.6 Å². The van der Waals surface area contributed by atoms with E-state index in [0.29, 0.717) is 5.69 Å². The van der Waals surface area contributed by atoms with Crippen LogP contribution in [-0.2, 0) is 0 Å². The maximum atomic E-state index is 13.3. The van der Waals surface area contributed by atoms with Crippen LogP contribution in [0.15, 0.2) is 42.5 Å². The number of ether oxygens (including phenoxy) is 2. The minimum Gasteiger partial charge on any atom is -0.497 e. The van der Waals surface area contributed by atoms with Crippen molar-refractivity contribution in [1.82, 2.24) is 9.88 Å². The Bertz CT molecular complexity index is 954. The topological polar surface area (TPSA) is 54.6 Å². The molecule has 27 heavy (non-hydrogen) atoms. The van der Waals surface area contributed by atoms with Crippen molar-refractivity contribution in [3.63, 3.8) is 0 Å². The Morgan fingerprint density at radius 2 is 1.59 bits per heavy atom. The number of carbonyl (C=O) groups is 1. The molecule has 1 fully saturated rings. The Labute approximate surface area is 158 Å². The fourth-order valence-electron chi connectivity index (χ4n) is 3.78. The molecule has 0 atom stereocenters. The van der Waals surface area contributed by atoms with Crippen LogP contribution in [0.3, 0.4) is 0 Å². The molecule has 0 saturated carbocycles. The van der Waals surface area contributed by atoms with Crippen molar-refractivity contribution in [2.24, 2.45) is 0 Å². The third-order valence-electron chi connectivity index (χ3n) is 5.24. The van der Waals surface area contributed by atoms with Gasteiger partial charge in [-0.1, -0.05) is 12.1 Å². The van der Waals surface area contributed by atoms with Crippen LogP contribution in [0.5, 0.6) is 11.5 Å². The predicted octanol–water partition coefficient (Wildman–Crippen LogP) is 4.48. The number of amides is 1. The highest BCUT2D eigenvalue weighted by Gasteiger charge is 2.25. The van der Waals surface area contributed by atoms with E-state index >= 15 is 0 Å². The monoisotopic (exact) mass is 364 g/mol. The summed E-state index contributed by atoms with van der Waals surface area (Å²) < 4.78 is 10.6. The zero-order valence-electron chi connectivity index (χ0n) is 15.7. The van der Waals surface area contributed by atoms with Gasteiger partial charge in [-0.25, -0.2) is 0 Å². The first-order valence-electron chi connectivity index (χ1n) is 9.34. The second-order valence-electron chi connectivity index (χ2n) is 6.87. The average molecular weight is 364 g/mol. The highest BCUT2D eigenvalue weighted by Crippen LogP contribution is 2.36. The summed E-state index contributed by atoms with van der Waals surface area (Å²) in [5.74, 6) is 1.63. The SMILES string of the molecule is COc1ccc(-c2c(C(=O)N3CCCCC3)[nH]c3cc(OC)ccc23)cc1. The number of rotatable bonds is 4. The number of aromatic nitrogens is 1. The molecule has 1 aliphatic rings. The lowest BCUT2D eigenvalue weighted by atomic mass is 10.0. The summed E-state index contributed by atoms with van der Waals surface area (Å²) in [6.07, 6.45) is 3.33. The van der Waals surface area contributed by atoms with Crippen molar-refractivity contribution in [1.29, 1.82) is 0 Å². The van der Waals surface area contributed by atoms with Gasteiger partial charge < -0.3 is 19.4 Å². The molecule has 0 aliphatic carbocycles. The number of H-pyrrole nitrogens is 1. The minimum atomic E-state index is 0.0654. The van der Waals surface area contributed by atoms with Gasteiger partial charge in [0.1, 0.15) is 17.2 Å². The number of likely N-dealkylation sites (tertiary alicyclic amines) is 1. The largest absolute Gasteiger partial charge is 0.497 e. The van der Waals surface area contributed by atoms with Gasteiger partial charge in [0, 0.05) is 30.1 Å². The Kier molecular flexibility index (Phi) is 4.75. The average Bonchev–Trinajstić information content (AvgIpc) is 3.12. The molecular weight excluding hydrogens is 340 g/mol. The van der Waals surface area contributed by atoms with Gasteiger partial charge in [0.05, 0.1) is 19.7 Å². The van der Waals surface area contributed by atoms with Crippen molar-refractivity contribution < 1.29 is 14.3 Å².